The fourth-order valence-electron chi connectivity index (χ4n) is 2.93. The van der Waals surface area contributed by atoms with Gasteiger partial charge in [-0.1, -0.05) is 20.3 Å². The molecule has 0 saturated carbocycles. The number of benzene rings is 1. The third-order valence-corrected chi connectivity index (χ3v) is 4.71. The average Bonchev–Trinajstić information content (AvgIpc) is 3.07. The minimum atomic E-state index is -0.746. The monoisotopic (exact) mass is 362 g/mol. The second kappa shape index (κ2) is 8.78. The number of nitrogens with zero attached hydrogens (tertiary/aromatic N) is 3. The van der Waals surface area contributed by atoms with Crippen LogP contribution in [0.1, 0.15) is 46.5 Å². The SMILES string of the molecule is CCCCN(C(=O)C1=NN(c2ccc(F)cc2)C(C(N)=O)C1)C(C)CC. The highest BCUT2D eigenvalue weighted by atomic mass is 19.1. The molecule has 2 amide bonds. The second-order valence-corrected chi connectivity index (χ2v) is 6.60. The first-order chi connectivity index (χ1) is 12.4. The first-order valence-corrected chi connectivity index (χ1v) is 9.11. The van der Waals surface area contributed by atoms with Crippen LogP contribution in [-0.4, -0.2) is 41.1 Å². The molecule has 2 unspecified atom stereocenters. The Balaban J connectivity index is 2.29. The summed E-state index contributed by atoms with van der Waals surface area (Å²) in [6, 6.07) is 4.95. The number of hydrazone groups is 1. The van der Waals surface area contributed by atoms with Gasteiger partial charge in [-0.2, -0.15) is 5.10 Å². The van der Waals surface area contributed by atoms with Crippen molar-refractivity contribution in [3.63, 3.8) is 0 Å². The van der Waals surface area contributed by atoms with Gasteiger partial charge in [0.2, 0.25) is 5.91 Å². The van der Waals surface area contributed by atoms with Gasteiger partial charge in [0, 0.05) is 19.0 Å². The molecule has 0 aromatic heterocycles. The molecule has 0 radical (unpaired) electrons. The topological polar surface area (TPSA) is 79.0 Å². The van der Waals surface area contributed by atoms with Crippen LogP contribution in [0.4, 0.5) is 10.1 Å². The molecular formula is C19H27FN4O2. The summed E-state index contributed by atoms with van der Waals surface area (Å²) in [5.41, 5.74) is 6.35. The van der Waals surface area contributed by atoms with Crippen LogP contribution in [-0.2, 0) is 9.59 Å². The van der Waals surface area contributed by atoms with E-state index in [1.165, 1.54) is 29.3 Å². The number of amides is 2. The van der Waals surface area contributed by atoms with E-state index < -0.39 is 11.9 Å². The minimum Gasteiger partial charge on any atom is -0.368 e. The number of anilines is 1. The van der Waals surface area contributed by atoms with E-state index >= 15 is 0 Å². The van der Waals surface area contributed by atoms with Crippen molar-refractivity contribution in [1.82, 2.24) is 4.90 Å². The van der Waals surface area contributed by atoms with Crippen molar-refractivity contribution in [2.75, 3.05) is 11.6 Å². The predicted molar refractivity (Wildman–Crippen MR) is 100 cm³/mol. The molecule has 1 aromatic rings. The van der Waals surface area contributed by atoms with Crippen LogP contribution in [0.3, 0.4) is 0 Å². The summed E-state index contributed by atoms with van der Waals surface area (Å²) >= 11 is 0. The van der Waals surface area contributed by atoms with Crippen molar-refractivity contribution in [2.24, 2.45) is 10.8 Å². The zero-order valence-corrected chi connectivity index (χ0v) is 15.6. The van der Waals surface area contributed by atoms with Gasteiger partial charge in [0.15, 0.2) is 0 Å². The van der Waals surface area contributed by atoms with E-state index in [0.717, 1.165) is 19.3 Å². The molecule has 2 N–H and O–H groups in total. The number of rotatable bonds is 8. The lowest BCUT2D eigenvalue weighted by Gasteiger charge is -2.28. The fourth-order valence-corrected chi connectivity index (χ4v) is 2.93. The quantitative estimate of drug-likeness (QED) is 0.772. The van der Waals surface area contributed by atoms with Crippen LogP contribution in [0, 0.1) is 5.82 Å². The van der Waals surface area contributed by atoms with Crippen LogP contribution in [0.15, 0.2) is 29.4 Å². The summed E-state index contributed by atoms with van der Waals surface area (Å²) in [4.78, 5) is 26.7. The highest BCUT2D eigenvalue weighted by Crippen LogP contribution is 2.26. The number of hydrogen-bond acceptors (Lipinski definition) is 4. The number of hydrogen-bond donors (Lipinski definition) is 1. The maximum atomic E-state index is 13.2. The highest BCUT2D eigenvalue weighted by Gasteiger charge is 2.37. The van der Waals surface area contributed by atoms with E-state index in [9.17, 15) is 14.0 Å². The van der Waals surface area contributed by atoms with E-state index in [0.29, 0.717) is 17.9 Å². The van der Waals surface area contributed by atoms with E-state index in [4.69, 9.17) is 5.73 Å². The Morgan fingerprint density at radius 3 is 2.54 bits per heavy atom. The maximum Gasteiger partial charge on any atom is 0.270 e. The van der Waals surface area contributed by atoms with Gasteiger partial charge in [0.1, 0.15) is 17.6 Å². The molecule has 2 rings (SSSR count). The molecule has 2 atom stereocenters. The molecule has 0 bridgehead atoms. The first-order valence-electron chi connectivity index (χ1n) is 9.11. The lowest BCUT2D eigenvalue weighted by atomic mass is 10.1. The van der Waals surface area contributed by atoms with Gasteiger partial charge in [0.25, 0.3) is 5.91 Å². The van der Waals surface area contributed by atoms with Crippen molar-refractivity contribution >= 4 is 23.2 Å². The van der Waals surface area contributed by atoms with Crippen molar-refractivity contribution in [2.45, 2.75) is 58.5 Å². The summed E-state index contributed by atoms with van der Waals surface area (Å²) in [6.07, 6.45) is 2.89. The Hall–Kier alpha value is -2.44. The largest absolute Gasteiger partial charge is 0.368 e. The molecule has 0 fully saturated rings. The highest BCUT2D eigenvalue weighted by molar-refractivity contribution is 6.40. The molecule has 1 aliphatic heterocycles. The maximum absolute atomic E-state index is 13.2. The van der Waals surface area contributed by atoms with Crippen LogP contribution in [0.2, 0.25) is 0 Å². The number of carbonyl (C=O) groups excluding carboxylic acids is 2. The summed E-state index contributed by atoms with van der Waals surface area (Å²) in [6.45, 7) is 6.77. The molecule has 0 spiro atoms. The molecule has 142 valence electrons. The zero-order chi connectivity index (χ0) is 19.3. The van der Waals surface area contributed by atoms with E-state index in [-0.39, 0.29) is 24.2 Å². The predicted octanol–water partition coefficient (Wildman–Crippen LogP) is 2.67. The Labute approximate surface area is 153 Å². The molecule has 7 heteroatoms. The van der Waals surface area contributed by atoms with Gasteiger partial charge in [-0.3, -0.25) is 14.6 Å². The number of primary amides is 1. The average molecular weight is 362 g/mol. The van der Waals surface area contributed by atoms with Gasteiger partial charge in [0.05, 0.1) is 5.69 Å². The van der Waals surface area contributed by atoms with Crippen molar-refractivity contribution < 1.29 is 14.0 Å². The molecule has 6 nitrogen and oxygen atoms in total. The third-order valence-electron chi connectivity index (χ3n) is 4.71. The van der Waals surface area contributed by atoms with Crippen LogP contribution >= 0.6 is 0 Å². The first kappa shape index (κ1) is 19.9. The molecule has 0 saturated heterocycles. The van der Waals surface area contributed by atoms with Crippen LogP contribution < -0.4 is 10.7 Å². The summed E-state index contributed by atoms with van der Waals surface area (Å²) in [7, 11) is 0. The van der Waals surface area contributed by atoms with Crippen molar-refractivity contribution in [1.29, 1.82) is 0 Å². The Morgan fingerprint density at radius 2 is 2.00 bits per heavy atom. The molecule has 0 aliphatic carbocycles. The van der Waals surface area contributed by atoms with Gasteiger partial charge >= 0.3 is 0 Å². The third kappa shape index (κ3) is 4.39. The molecule has 1 aliphatic rings. The van der Waals surface area contributed by atoms with E-state index in [2.05, 4.69) is 12.0 Å². The van der Waals surface area contributed by atoms with E-state index in [1.807, 2.05) is 18.7 Å². The van der Waals surface area contributed by atoms with E-state index in [1.54, 1.807) is 0 Å². The van der Waals surface area contributed by atoms with Crippen LogP contribution in [0.5, 0.6) is 0 Å². The number of carbonyl (C=O) groups is 2. The van der Waals surface area contributed by atoms with Crippen molar-refractivity contribution in [3.8, 4) is 0 Å². The van der Waals surface area contributed by atoms with Gasteiger partial charge in [-0.25, -0.2) is 4.39 Å². The summed E-state index contributed by atoms with van der Waals surface area (Å²) in [5, 5.41) is 5.79. The molecule has 1 aromatic carbocycles. The zero-order valence-electron chi connectivity index (χ0n) is 15.6. The van der Waals surface area contributed by atoms with Gasteiger partial charge in [-0.05, 0) is 44.0 Å². The lowest BCUT2D eigenvalue weighted by Crippen LogP contribution is -2.43. The standard InChI is InChI=1S/C19H27FN4O2/c1-4-6-11-23(13(3)5-2)19(26)16-12-17(18(21)25)24(22-16)15-9-7-14(20)8-10-15/h7-10,13,17H,4-6,11-12H2,1-3H3,(H2,21,25). The van der Waals surface area contributed by atoms with Crippen LogP contribution in [0.25, 0.3) is 0 Å². The smallest absolute Gasteiger partial charge is 0.270 e. The number of nitrogens with two attached hydrogens (primary N) is 1. The summed E-state index contributed by atoms with van der Waals surface area (Å²) < 4.78 is 13.2. The fraction of sp³-hybridized carbons (Fsp3) is 0.526. The number of unbranched alkanes of at least 4 members (excludes halogenated alkanes) is 1. The van der Waals surface area contributed by atoms with Gasteiger partial charge in [-0.15, -0.1) is 0 Å². The summed E-state index contributed by atoms with van der Waals surface area (Å²) in [5.74, 6) is -1.11. The van der Waals surface area contributed by atoms with Gasteiger partial charge < -0.3 is 10.6 Å². The lowest BCUT2D eigenvalue weighted by molar-refractivity contribution is -0.126. The Kier molecular flexibility index (Phi) is 6.71. The normalized spacial score (nSPS) is 17.8. The molecular weight excluding hydrogens is 335 g/mol. The molecule has 1 heterocycles. The number of halogens is 1. The molecule has 26 heavy (non-hydrogen) atoms. The Morgan fingerprint density at radius 1 is 1.35 bits per heavy atom. The minimum absolute atomic E-state index is 0.0867. The Bertz CT molecular complexity index is 675. The second-order valence-electron chi connectivity index (χ2n) is 6.60. The van der Waals surface area contributed by atoms with Crippen molar-refractivity contribution in [3.05, 3.63) is 30.1 Å².